The van der Waals surface area contributed by atoms with Gasteiger partial charge in [0.1, 0.15) is 34.7 Å². The molecule has 0 spiro atoms. The third-order valence-electron chi connectivity index (χ3n) is 6.06. The van der Waals surface area contributed by atoms with Crippen LogP contribution in [0.5, 0.6) is 11.6 Å². The van der Waals surface area contributed by atoms with Gasteiger partial charge in [-0.15, -0.1) is 0 Å². The number of anilines is 2. The van der Waals surface area contributed by atoms with E-state index in [4.69, 9.17) is 19.9 Å². The molecule has 38 heavy (non-hydrogen) atoms. The van der Waals surface area contributed by atoms with Crippen molar-refractivity contribution >= 4 is 38.1 Å². The van der Waals surface area contributed by atoms with Crippen molar-refractivity contribution in [2.24, 2.45) is 0 Å². The summed E-state index contributed by atoms with van der Waals surface area (Å²) in [6.45, 7) is 2.89. The van der Waals surface area contributed by atoms with Crippen LogP contribution in [0, 0.1) is 18.6 Å². The van der Waals surface area contributed by atoms with Crippen molar-refractivity contribution in [2.75, 3.05) is 30.8 Å². The topological polar surface area (TPSA) is 121 Å². The Labute approximate surface area is 218 Å². The predicted octanol–water partition coefficient (Wildman–Crippen LogP) is 4.14. The first-order valence-corrected chi connectivity index (χ1v) is 13.3. The van der Waals surface area contributed by atoms with E-state index in [2.05, 4.69) is 25.5 Å². The summed E-state index contributed by atoms with van der Waals surface area (Å²) in [6.07, 6.45) is 2.17. The predicted molar refractivity (Wildman–Crippen MR) is 142 cm³/mol. The zero-order chi connectivity index (χ0) is 27.0. The highest BCUT2D eigenvalue weighted by Gasteiger charge is 2.22. The quantitative estimate of drug-likeness (QED) is 0.335. The minimum Gasteiger partial charge on any atom is -0.486 e. The number of methoxy groups -OCH3 is 1. The monoisotopic (exact) mass is 541 g/mol. The normalized spacial score (nSPS) is 16.8. The maximum atomic E-state index is 14.4. The summed E-state index contributed by atoms with van der Waals surface area (Å²) in [7, 11) is -2.05. The second-order valence-corrected chi connectivity index (χ2v) is 10.8. The molecule has 12 heteroatoms. The third-order valence-corrected chi connectivity index (χ3v) is 7.65. The van der Waals surface area contributed by atoms with Gasteiger partial charge in [0.15, 0.2) is 0 Å². The van der Waals surface area contributed by atoms with Gasteiger partial charge in [-0.25, -0.2) is 27.9 Å². The van der Waals surface area contributed by atoms with Crippen molar-refractivity contribution in [1.29, 1.82) is 0 Å². The summed E-state index contributed by atoms with van der Waals surface area (Å²) in [4.78, 5) is 12.7. The molecule has 0 saturated carbocycles. The minimum atomic E-state index is -3.45. The molecular formula is C26H25F2N5O4S. The van der Waals surface area contributed by atoms with Gasteiger partial charge in [0.2, 0.25) is 11.8 Å². The molecule has 1 aliphatic rings. The van der Waals surface area contributed by atoms with Crippen molar-refractivity contribution in [3.63, 3.8) is 0 Å². The van der Waals surface area contributed by atoms with Crippen molar-refractivity contribution in [3.8, 4) is 22.8 Å². The lowest BCUT2D eigenvalue weighted by Crippen LogP contribution is -2.16. The number of nitrogens with zero attached hydrogens (tertiary/aromatic N) is 3. The second kappa shape index (κ2) is 10.0. The standard InChI is InChI=1S/C26H25F2N5O4S/c1-14-19-8-15(10-22(24(19)32-26(29)31-14)37-18-6-7-36-13-18)16-9-21(25(35-2)30-12-16)33-38(3,34)23-5-4-17(27)11-20(23)28/h4-5,8-12,18H,3,6-7,13H2,1-2H3,(H,33,34)(H2,29,31,32)/t18-,38?/m1/s1. The Balaban J connectivity index is 1.59. The molecular weight excluding hydrogens is 516 g/mol. The molecule has 0 radical (unpaired) electrons. The molecule has 2 aromatic heterocycles. The van der Waals surface area contributed by atoms with E-state index < -0.39 is 21.3 Å². The lowest BCUT2D eigenvalue weighted by molar-refractivity contribution is 0.142. The molecule has 4 aromatic rings. The van der Waals surface area contributed by atoms with E-state index in [-0.39, 0.29) is 28.5 Å². The van der Waals surface area contributed by atoms with Crippen LogP contribution in [0.15, 0.2) is 47.5 Å². The lowest BCUT2D eigenvalue weighted by atomic mass is 10.0. The molecule has 1 fully saturated rings. The first-order chi connectivity index (χ1) is 18.1. The molecule has 3 N–H and O–H groups in total. The summed E-state index contributed by atoms with van der Waals surface area (Å²) in [5.74, 6) is 2.62. The molecule has 5 rings (SSSR count). The van der Waals surface area contributed by atoms with Crippen LogP contribution in [-0.4, -0.2) is 51.5 Å². The summed E-state index contributed by atoms with van der Waals surface area (Å²) < 4.78 is 60.9. The number of rotatable bonds is 7. The van der Waals surface area contributed by atoms with Crippen molar-refractivity contribution in [3.05, 3.63) is 59.9 Å². The first kappa shape index (κ1) is 25.6. The Hall–Kier alpha value is -4.03. The molecule has 198 valence electrons. The Morgan fingerprint density at radius 1 is 1.18 bits per heavy atom. The molecule has 0 bridgehead atoms. The summed E-state index contributed by atoms with van der Waals surface area (Å²) in [5, 5.41) is 0.727. The third kappa shape index (κ3) is 5.04. The van der Waals surface area contributed by atoms with Gasteiger partial charge in [-0.1, -0.05) is 0 Å². The van der Waals surface area contributed by atoms with Gasteiger partial charge in [0.25, 0.3) is 0 Å². The van der Waals surface area contributed by atoms with Gasteiger partial charge in [-0.2, -0.15) is 0 Å². The Bertz CT molecular complexity index is 1640. The van der Waals surface area contributed by atoms with Crippen LogP contribution < -0.4 is 19.9 Å². The number of aromatic nitrogens is 3. The molecule has 2 atom stereocenters. The lowest BCUT2D eigenvalue weighted by Gasteiger charge is -2.18. The van der Waals surface area contributed by atoms with E-state index in [0.29, 0.717) is 47.4 Å². The van der Waals surface area contributed by atoms with Crippen molar-refractivity contribution < 1.29 is 27.2 Å². The molecule has 0 aliphatic carbocycles. The van der Waals surface area contributed by atoms with Gasteiger partial charge in [-0.3, -0.25) is 0 Å². The van der Waals surface area contributed by atoms with E-state index in [1.807, 2.05) is 13.0 Å². The van der Waals surface area contributed by atoms with Crippen LogP contribution in [-0.2, 0) is 14.4 Å². The molecule has 0 amide bonds. The largest absolute Gasteiger partial charge is 0.486 e. The number of fused-ring (bicyclic) bond motifs is 1. The maximum Gasteiger partial charge on any atom is 0.238 e. The SMILES string of the molecule is C=S(=O)(Nc1cc(-c2cc(O[C@@H]3CCOC3)c3nc(N)nc(C)c3c2)cnc1OC)c1ccc(F)cc1F. The first-order valence-electron chi connectivity index (χ1n) is 11.6. The molecule has 1 saturated heterocycles. The Morgan fingerprint density at radius 3 is 2.71 bits per heavy atom. The van der Waals surface area contributed by atoms with Crippen LogP contribution >= 0.6 is 0 Å². The number of benzene rings is 2. The molecule has 1 unspecified atom stereocenters. The smallest absolute Gasteiger partial charge is 0.238 e. The van der Waals surface area contributed by atoms with E-state index in [9.17, 15) is 13.0 Å². The zero-order valence-electron chi connectivity index (χ0n) is 20.7. The Kier molecular flexibility index (Phi) is 6.76. The number of aryl methyl sites for hydroxylation is 1. The highest BCUT2D eigenvalue weighted by Crippen LogP contribution is 2.37. The summed E-state index contributed by atoms with van der Waals surface area (Å²) in [6, 6.07) is 8.08. The number of halogens is 2. The number of nitrogens with two attached hydrogens (primary N) is 1. The van der Waals surface area contributed by atoms with Crippen molar-refractivity contribution in [2.45, 2.75) is 24.3 Å². The highest BCUT2D eigenvalue weighted by molar-refractivity contribution is 8.01. The minimum absolute atomic E-state index is 0.111. The molecule has 1 aliphatic heterocycles. The van der Waals surface area contributed by atoms with Gasteiger partial charge < -0.3 is 24.7 Å². The second-order valence-electron chi connectivity index (χ2n) is 8.77. The maximum absolute atomic E-state index is 14.4. The fourth-order valence-corrected chi connectivity index (χ4v) is 5.51. The number of hydrogen-bond acceptors (Lipinski definition) is 8. The summed E-state index contributed by atoms with van der Waals surface area (Å²) >= 11 is 0. The van der Waals surface area contributed by atoms with Crippen LogP contribution in [0.25, 0.3) is 22.0 Å². The number of nitrogen functional groups attached to an aromatic ring is 1. The number of pyridine rings is 1. The van der Waals surface area contributed by atoms with Crippen LogP contribution in [0.2, 0.25) is 0 Å². The van der Waals surface area contributed by atoms with Gasteiger partial charge in [-0.05, 0) is 48.7 Å². The zero-order valence-corrected chi connectivity index (χ0v) is 21.5. The number of nitrogens with one attached hydrogen (secondary N) is 1. The van der Waals surface area contributed by atoms with Crippen LogP contribution in [0.3, 0.4) is 0 Å². The molecule has 9 nitrogen and oxygen atoms in total. The van der Waals surface area contributed by atoms with Gasteiger partial charge in [0.05, 0.1) is 40.6 Å². The van der Waals surface area contributed by atoms with Crippen LogP contribution in [0.4, 0.5) is 20.4 Å². The average molecular weight is 542 g/mol. The number of hydrogen-bond donors (Lipinski definition) is 2. The average Bonchev–Trinajstić information content (AvgIpc) is 3.37. The Morgan fingerprint density at radius 2 is 2.00 bits per heavy atom. The number of ether oxygens (including phenoxy) is 3. The van der Waals surface area contributed by atoms with E-state index >= 15 is 0 Å². The fourth-order valence-electron chi connectivity index (χ4n) is 4.23. The fraction of sp³-hybridized carbons (Fsp3) is 0.231. The van der Waals surface area contributed by atoms with E-state index in [1.54, 1.807) is 18.3 Å². The van der Waals surface area contributed by atoms with E-state index in [1.165, 1.54) is 7.11 Å². The molecule has 3 heterocycles. The highest BCUT2D eigenvalue weighted by atomic mass is 32.2. The van der Waals surface area contributed by atoms with E-state index in [0.717, 1.165) is 23.9 Å². The van der Waals surface area contributed by atoms with Crippen LogP contribution in [0.1, 0.15) is 12.1 Å². The van der Waals surface area contributed by atoms with Gasteiger partial charge >= 0.3 is 0 Å². The van der Waals surface area contributed by atoms with Gasteiger partial charge in [0, 0.05) is 29.6 Å². The molecule has 2 aromatic carbocycles. The van der Waals surface area contributed by atoms with Crippen molar-refractivity contribution in [1.82, 2.24) is 15.0 Å². The summed E-state index contributed by atoms with van der Waals surface area (Å²) in [5.41, 5.74) is 8.65.